The first-order chi connectivity index (χ1) is 4.88. The zero-order valence-electron chi connectivity index (χ0n) is 6.24. The van der Waals surface area contributed by atoms with Gasteiger partial charge in [-0.15, -0.1) is 12.4 Å². The van der Waals surface area contributed by atoms with Crippen LogP contribution in [-0.2, 0) is 6.61 Å². The molecule has 0 saturated carbocycles. The van der Waals surface area contributed by atoms with Crippen molar-refractivity contribution in [1.82, 2.24) is 4.98 Å². The lowest BCUT2D eigenvalue weighted by atomic mass is 10.3. The number of hydrogen-bond donors (Lipinski definition) is 2. The lowest BCUT2D eigenvalue weighted by Crippen LogP contribution is -1.97. The predicted octanol–water partition coefficient (Wildman–Crippen LogP) is 1.04. The van der Waals surface area contributed by atoms with Gasteiger partial charge in [0.1, 0.15) is 5.82 Å². The normalized spacial score (nSPS) is 8.55. The molecule has 0 aliphatic heterocycles. The van der Waals surface area contributed by atoms with E-state index in [0.29, 0.717) is 0 Å². The molecule has 0 aliphatic rings. The lowest BCUT2D eigenvalue weighted by molar-refractivity contribution is 0.282. The number of pyridine rings is 1. The Kier molecular flexibility index (Phi) is 4.57. The van der Waals surface area contributed by atoms with Crippen molar-refractivity contribution < 1.29 is 5.11 Å². The fourth-order valence-corrected chi connectivity index (χ4v) is 0.791. The van der Waals surface area contributed by atoms with Crippen LogP contribution < -0.4 is 5.32 Å². The van der Waals surface area contributed by atoms with Gasteiger partial charge in [-0.1, -0.05) is 6.07 Å². The second kappa shape index (κ2) is 4.93. The maximum Gasteiger partial charge on any atom is 0.131 e. The van der Waals surface area contributed by atoms with E-state index in [0.717, 1.165) is 11.4 Å². The van der Waals surface area contributed by atoms with Crippen LogP contribution in [0.4, 0.5) is 5.82 Å². The number of hydrogen-bond acceptors (Lipinski definition) is 3. The fraction of sp³-hybridized carbons (Fsp3) is 0.286. The maximum absolute atomic E-state index is 8.77. The van der Waals surface area contributed by atoms with E-state index < -0.39 is 0 Å². The molecule has 0 aliphatic carbocycles. The molecule has 62 valence electrons. The highest BCUT2D eigenvalue weighted by atomic mass is 35.5. The number of nitrogens with zero attached hydrogens (tertiary/aromatic N) is 1. The molecule has 0 saturated heterocycles. The molecule has 0 bridgehead atoms. The zero-order chi connectivity index (χ0) is 7.40. The number of anilines is 1. The number of rotatable bonds is 2. The van der Waals surface area contributed by atoms with Crippen LogP contribution in [0, 0.1) is 0 Å². The first kappa shape index (κ1) is 10.2. The molecule has 3 nitrogen and oxygen atoms in total. The van der Waals surface area contributed by atoms with E-state index in [1.807, 2.05) is 6.07 Å². The lowest BCUT2D eigenvalue weighted by Gasteiger charge is -2.02. The van der Waals surface area contributed by atoms with Crippen LogP contribution in [0.25, 0.3) is 0 Å². The summed E-state index contributed by atoms with van der Waals surface area (Å²) >= 11 is 0. The second-order valence-electron chi connectivity index (χ2n) is 1.92. The largest absolute Gasteiger partial charge is 0.392 e. The minimum Gasteiger partial charge on any atom is -0.392 e. The van der Waals surface area contributed by atoms with Crippen molar-refractivity contribution in [3.05, 3.63) is 23.9 Å². The smallest absolute Gasteiger partial charge is 0.131 e. The summed E-state index contributed by atoms with van der Waals surface area (Å²) in [4.78, 5) is 4.00. The van der Waals surface area contributed by atoms with E-state index in [2.05, 4.69) is 10.3 Å². The number of aliphatic hydroxyl groups is 1. The first-order valence-electron chi connectivity index (χ1n) is 3.11. The minimum absolute atomic E-state index is 0. The Hall–Kier alpha value is -0.800. The van der Waals surface area contributed by atoms with Crippen LogP contribution in [0.3, 0.4) is 0 Å². The fourth-order valence-electron chi connectivity index (χ4n) is 0.791. The summed E-state index contributed by atoms with van der Waals surface area (Å²) in [6.45, 7) is 0.0318. The van der Waals surface area contributed by atoms with Crippen LogP contribution in [0.2, 0.25) is 0 Å². The Bertz CT molecular complexity index is 194. The number of nitrogens with one attached hydrogen (secondary N) is 1. The molecule has 1 aromatic rings. The predicted molar refractivity (Wildman–Crippen MR) is 47.0 cm³/mol. The highest BCUT2D eigenvalue weighted by molar-refractivity contribution is 5.85. The van der Waals surface area contributed by atoms with Crippen molar-refractivity contribution >= 4 is 18.2 Å². The molecule has 0 radical (unpaired) electrons. The number of halogens is 1. The average molecular weight is 175 g/mol. The SMILES string of the molecule is CNc1ncccc1CO.Cl. The Morgan fingerprint density at radius 2 is 2.36 bits per heavy atom. The topological polar surface area (TPSA) is 45.2 Å². The average Bonchev–Trinajstić information content (AvgIpc) is 2.04. The molecular formula is C7H11ClN2O. The molecule has 0 spiro atoms. The summed E-state index contributed by atoms with van der Waals surface area (Å²) < 4.78 is 0. The van der Waals surface area contributed by atoms with E-state index in [4.69, 9.17) is 5.11 Å². The van der Waals surface area contributed by atoms with Gasteiger partial charge in [-0.05, 0) is 6.07 Å². The van der Waals surface area contributed by atoms with Gasteiger partial charge in [0.15, 0.2) is 0 Å². The van der Waals surface area contributed by atoms with E-state index in [1.54, 1.807) is 19.3 Å². The summed E-state index contributed by atoms with van der Waals surface area (Å²) in [5, 5.41) is 11.6. The monoisotopic (exact) mass is 174 g/mol. The highest BCUT2D eigenvalue weighted by Crippen LogP contribution is 2.08. The first-order valence-corrected chi connectivity index (χ1v) is 3.11. The molecule has 1 heterocycles. The molecule has 4 heteroatoms. The van der Waals surface area contributed by atoms with Crippen molar-refractivity contribution in [2.45, 2.75) is 6.61 Å². The molecule has 1 rings (SSSR count). The Labute approximate surface area is 71.9 Å². The molecule has 2 N–H and O–H groups in total. The molecule has 1 aromatic heterocycles. The standard InChI is InChI=1S/C7H10N2O.ClH/c1-8-7-6(5-10)3-2-4-9-7;/h2-4,10H,5H2,1H3,(H,8,9);1H. The van der Waals surface area contributed by atoms with Gasteiger partial charge in [0.25, 0.3) is 0 Å². The summed E-state index contributed by atoms with van der Waals surface area (Å²) in [7, 11) is 1.78. The Morgan fingerprint density at radius 3 is 2.82 bits per heavy atom. The van der Waals surface area contributed by atoms with Gasteiger partial charge >= 0.3 is 0 Å². The van der Waals surface area contributed by atoms with Gasteiger partial charge in [-0.25, -0.2) is 4.98 Å². The van der Waals surface area contributed by atoms with Gasteiger partial charge in [0.05, 0.1) is 6.61 Å². The summed E-state index contributed by atoms with van der Waals surface area (Å²) in [5.41, 5.74) is 0.824. The second-order valence-corrected chi connectivity index (χ2v) is 1.92. The molecule has 0 atom stereocenters. The summed E-state index contributed by atoms with van der Waals surface area (Å²) in [5.74, 6) is 0.741. The van der Waals surface area contributed by atoms with Crippen molar-refractivity contribution in [3.8, 4) is 0 Å². The molecule has 11 heavy (non-hydrogen) atoms. The van der Waals surface area contributed by atoms with Crippen molar-refractivity contribution in [2.24, 2.45) is 0 Å². The van der Waals surface area contributed by atoms with E-state index in [1.165, 1.54) is 0 Å². The van der Waals surface area contributed by atoms with Gasteiger partial charge in [-0.2, -0.15) is 0 Å². The van der Waals surface area contributed by atoms with Crippen LogP contribution in [0.5, 0.6) is 0 Å². The van der Waals surface area contributed by atoms with Gasteiger partial charge in [0, 0.05) is 18.8 Å². The van der Waals surface area contributed by atoms with Crippen molar-refractivity contribution in [3.63, 3.8) is 0 Å². The van der Waals surface area contributed by atoms with Crippen molar-refractivity contribution in [1.29, 1.82) is 0 Å². The van der Waals surface area contributed by atoms with Crippen LogP contribution in [0.15, 0.2) is 18.3 Å². The van der Waals surface area contributed by atoms with E-state index in [9.17, 15) is 0 Å². The molecule has 0 aromatic carbocycles. The highest BCUT2D eigenvalue weighted by Gasteiger charge is 1.96. The van der Waals surface area contributed by atoms with Crippen LogP contribution in [-0.4, -0.2) is 17.1 Å². The quantitative estimate of drug-likeness (QED) is 0.704. The Morgan fingerprint density at radius 1 is 1.64 bits per heavy atom. The Balaban J connectivity index is 0.000001000. The van der Waals surface area contributed by atoms with Gasteiger partial charge < -0.3 is 10.4 Å². The zero-order valence-corrected chi connectivity index (χ0v) is 7.06. The third-order valence-corrected chi connectivity index (χ3v) is 1.30. The molecule has 0 unspecified atom stereocenters. The van der Waals surface area contributed by atoms with Crippen LogP contribution in [0.1, 0.15) is 5.56 Å². The minimum atomic E-state index is 0. The molecule has 0 amide bonds. The van der Waals surface area contributed by atoms with E-state index in [-0.39, 0.29) is 19.0 Å². The summed E-state index contributed by atoms with van der Waals surface area (Å²) in [6, 6.07) is 3.63. The number of aliphatic hydroxyl groups excluding tert-OH is 1. The third-order valence-electron chi connectivity index (χ3n) is 1.30. The summed E-state index contributed by atoms with van der Waals surface area (Å²) in [6.07, 6.45) is 1.69. The molecular weight excluding hydrogens is 164 g/mol. The van der Waals surface area contributed by atoms with E-state index >= 15 is 0 Å². The maximum atomic E-state index is 8.77. The third kappa shape index (κ3) is 2.37. The number of aromatic nitrogens is 1. The van der Waals surface area contributed by atoms with Gasteiger partial charge in [0.2, 0.25) is 0 Å². The van der Waals surface area contributed by atoms with Gasteiger partial charge in [-0.3, -0.25) is 0 Å². The molecule has 0 fully saturated rings. The van der Waals surface area contributed by atoms with Crippen molar-refractivity contribution in [2.75, 3.05) is 12.4 Å². The van der Waals surface area contributed by atoms with Crippen LogP contribution >= 0.6 is 12.4 Å².